The zero-order valence-electron chi connectivity index (χ0n) is 11.4. The second-order valence-corrected chi connectivity index (χ2v) is 6.51. The highest BCUT2D eigenvalue weighted by Gasteiger charge is 2.39. The van der Waals surface area contributed by atoms with E-state index in [1.807, 2.05) is 0 Å². The van der Waals surface area contributed by atoms with Gasteiger partial charge in [-0.3, -0.25) is 4.90 Å². The van der Waals surface area contributed by atoms with Crippen LogP contribution in [-0.2, 0) is 0 Å². The molecule has 2 unspecified atom stereocenters. The van der Waals surface area contributed by atoms with Crippen LogP contribution in [0, 0.1) is 17.8 Å². The Kier molecular flexibility index (Phi) is 3.91. The molecular weight excluding hydrogens is 196 g/mol. The van der Waals surface area contributed by atoms with Gasteiger partial charge in [-0.1, -0.05) is 27.7 Å². The molecular formula is C14H28N2. The minimum absolute atomic E-state index is 0.703. The van der Waals surface area contributed by atoms with E-state index >= 15 is 0 Å². The number of hydrogen-bond acceptors (Lipinski definition) is 2. The molecule has 2 rings (SSSR count). The lowest BCUT2D eigenvalue weighted by Crippen LogP contribution is -2.59. The molecule has 2 nitrogen and oxygen atoms in total. The van der Waals surface area contributed by atoms with Gasteiger partial charge in [0.05, 0.1) is 0 Å². The van der Waals surface area contributed by atoms with Crippen LogP contribution in [0.2, 0.25) is 0 Å². The molecule has 0 amide bonds. The van der Waals surface area contributed by atoms with Gasteiger partial charge in [-0.25, -0.2) is 0 Å². The second-order valence-electron chi connectivity index (χ2n) is 6.51. The fourth-order valence-corrected chi connectivity index (χ4v) is 2.93. The molecule has 1 aliphatic carbocycles. The standard InChI is InChI=1S/C14H28N2/c1-10(2)8-16-9-13(11(3)4)15-7-14(16)12-5-6-12/h10-15H,5-9H2,1-4H3. The lowest BCUT2D eigenvalue weighted by atomic mass is 9.96. The molecule has 1 heterocycles. The predicted octanol–water partition coefficient (Wildman–Crippen LogP) is 2.35. The Labute approximate surface area is 101 Å². The van der Waals surface area contributed by atoms with Gasteiger partial charge in [0.1, 0.15) is 0 Å². The average molecular weight is 224 g/mol. The molecule has 2 aliphatic rings. The van der Waals surface area contributed by atoms with Crippen molar-refractivity contribution in [2.24, 2.45) is 17.8 Å². The molecule has 94 valence electrons. The lowest BCUT2D eigenvalue weighted by molar-refractivity contribution is 0.0881. The van der Waals surface area contributed by atoms with Crippen LogP contribution >= 0.6 is 0 Å². The maximum Gasteiger partial charge on any atom is 0.0249 e. The molecule has 1 saturated carbocycles. The number of nitrogens with one attached hydrogen (secondary N) is 1. The van der Waals surface area contributed by atoms with Crippen molar-refractivity contribution < 1.29 is 0 Å². The molecule has 0 aromatic rings. The first-order valence-electron chi connectivity index (χ1n) is 7.05. The summed E-state index contributed by atoms with van der Waals surface area (Å²) in [7, 11) is 0. The third-order valence-electron chi connectivity index (χ3n) is 4.06. The van der Waals surface area contributed by atoms with Gasteiger partial charge in [0.2, 0.25) is 0 Å². The summed E-state index contributed by atoms with van der Waals surface area (Å²) in [6, 6.07) is 1.53. The number of piperazine rings is 1. The zero-order chi connectivity index (χ0) is 11.7. The Morgan fingerprint density at radius 3 is 2.38 bits per heavy atom. The molecule has 16 heavy (non-hydrogen) atoms. The third kappa shape index (κ3) is 2.98. The van der Waals surface area contributed by atoms with Gasteiger partial charge in [0.15, 0.2) is 0 Å². The van der Waals surface area contributed by atoms with Crippen molar-refractivity contribution in [3.8, 4) is 0 Å². The first-order valence-corrected chi connectivity index (χ1v) is 7.05. The van der Waals surface area contributed by atoms with E-state index in [0.29, 0.717) is 6.04 Å². The van der Waals surface area contributed by atoms with Crippen LogP contribution in [0.3, 0.4) is 0 Å². The Balaban J connectivity index is 1.94. The van der Waals surface area contributed by atoms with E-state index in [1.54, 1.807) is 0 Å². The highest BCUT2D eigenvalue weighted by molar-refractivity contribution is 4.95. The minimum Gasteiger partial charge on any atom is -0.311 e. The summed E-state index contributed by atoms with van der Waals surface area (Å²) in [5.41, 5.74) is 0. The first-order chi connectivity index (χ1) is 7.58. The highest BCUT2D eigenvalue weighted by Crippen LogP contribution is 2.36. The van der Waals surface area contributed by atoms with Gasteiger partial charge in [-0.2, -0.15) is 0 Å². The third-order valence-corrected chi connectivity index (χ3v) is 4.06. The number of rotatable bonds is 4. The van der Waals surface area contributed by atoms with E-state index in [2.05, 4.69) is 37.9 Å². The molecule has 0 bridgehead atoms. The second kappa shape index (κ2) is 5.05. The van der Waals surface area contributed by atoms with E-state index in [9.17, 15) is 0 Å². The Morgan fingerprint density at radius 1 is 1.19 bits per heavy atom. The van der Waals surface area contributed by atoms with Gasteiger partial charge in [0.25, 0.3) is 0 Å². The fourth-order valence-electron chi connectivity index (χ4n) is 2.93. The molecule has 0 aromatic carbocycles. The van der Waals surface area contributed by atoms with Crippen molar-refractivity contribution in [1.29, 1.82) is 0 Å². The minimum atomic E-state index is 0.703. The summed E-state index contributed by atoms with van der Waals surface area (Å²) in [5.74, 6) is 2.56. The van der Waals surface area contributed by atoms with Gasteiger partial charge in [-0.15, -0.1) is 0 Å². The Morgan fingerprint density at radius 2 is 1.88 bits per heavy atom. The van der Waals surface area contributed by atoms with Crippen LogP contribution in [0.1, 0.15) is 40.5 Å². The normalized spacial score (nSPS) is 32.6. The van der Waals surface area contributed by atoms with Crippen LogP contribution in [0.15, 0.2) is 0 Å². The highest BCUT2D eigenvalue weighted by atomic mass is 15.2. The molecule has 0 spiro atoms. The summed E-state index contributed by atoms with van der Waals surface area (Å²) in [6.07, 6.45) is 2.93. The van der Waals surface area contributed by atoms with Crippen molar-refractivity contribution in [2.45, 2.75) is 52.6 Å². The maximum atomic E-state index is 3.75. The molecule has 0 radical (unpaired) electrons. The molecule has 2 fully saturated rings. The van der Waals surface area contributed by atoms with Crippen LogP contribution in [-0.4, -0.2) is 36.6 Å². The van der Waals surface area contributed by atoms with E-state index in [1.165, 1.54) is 32.5 Å². The molecule has 1 saturated heterocycles. The quantitative estimate of drug-likeness (QED) is 0.788. The monoisotopic (exact) mass is 224 g/mol. The van der Waals surface area contributed by atoms with Crippen molar-refractivity contribution in [3.05, 3.63) is 0 Å². The number of hydrogen-bond donors (Lipinski definition) is 1. The SMILES string of the molecule is CC(C)CN1CC(C(C)C)NCC1C1CC1. The molecule has 2 heteroatoms. The predicted molar refractivity (Wildman–Crippen MR) is 69.6 cm³/mol. The summed E-state index contributed by atoms with van der Waals surface area (Å²) in [4.78, 5) is 2.77. The first kappa shape index (κ1) is 12.4. The maximum absolute atomic E-state index is 3.75. The van der Waals surface area contributed by atoms with E-state index < -0.39 is 0 Å². The smallest absolute Gasteiger partial charge is 0.0249 e. The van der Waals surface area contributed by atoms with Crippen molar-refractivity contribution in [1.82, 2.24) is 10.2 Å². The Hall–Kier alpha value is -0.0800. The summed E-state index contributed by atoms with van der Waals surface area (Å²) in [5, 5.41) is 3.75. The van der Waals surface area contributed by atoms with Crippen molar-refractivity contribution >= 4 is 0 Å². The van der Waals surface area contributed by atoms with Crippen molar-refractivity contribution in [2.75, 3.05) is 19.6 Å². The lowest BCUT2D eigenvalue weighted by Gasteiger charge is -2.43. The van der Waals surface area contributed by atoms with Gasteiger partial charge in [0, 0.05) is 31.7 Å². The summed E-state index contributed by atoms with van der Waals surface area (Å²) >= 11 is 0. The van der Waals surface area contributed by atoms with E-state index in [-0.39, 0.29) is 0 Å². The van der Waals surface area contributed by atoms with Gasteiger partial charge in [-0.05, 0) is 30.6 Å². The van der Waals surface area contributed by atoms with Crippen molar-refractivity contribution in [3.63, 3.8) is 0 Å². The topological polar surface area (TPSA) is 15.3 Å². The fraction of sp³-hybridized carbons (Fsp3) is 1.00. The molecule has 0 aromatic heterocycles. The van der Waals surface area contributed by atoms with Crippen LogP contribution in [0.4, 0.5) is 0 Å². The van der Waals surface area contributed by atoms with Crippen LogP contribution in [0.5, 0.6) is 0 Å². The molecule has 1 aliphatic heterocycles. The number of nitrogens with zero attached hydrogens (tertiary/aromatic N) is 1. The summed E-state index contributed by atoms with van der Waals surface area (Å²) < 4.78 is 0. The largest absolute Gasteiger partial charge is 0.311 e. The van der Waals surface area contributed by atoms with E-state index in [4.69, 9.17) is 0 Å². The molecule has 2 atom stereocenters. The Bertz CT molecular complexity index is 221. The summed E-state index contributed by atoms with van der Waals surface area (Å²) in [6.45, 7) is 13.1. The molecule has 1 N–H and O–H groups in total. The van der Waals surface area contributed by atoms with Crippen LogP contribution in [0.25, 0.3) is 0 Å². The van der Waals surface area contributed by atoms with Crippen LogP contribution < -0.4 is 5.32 Å². The van der Waals surface area contributed by atoms with Gasteiger partial charge < -0.3 is 5.32 Å². The van der Waals surface area contributed by atoms with E-state index in [0.717, 1.165) is 23.8 Å². The zero-order valence-corrected chi connectivity index (χ0v) is 11.4. The van der Waals surface area contributed by atoms with Gasteiger partial charge >= 0.3 is 0 Å². The average Bonchev–Trinajstić information content (AvgIpc) is 3.00.